The molecule has 0 radical (unpaired) electrons. The van der Waals surface area contributed by atoms with Crippen LogP contribution >= 0.6 is 11.6 Å². The Hall–Kier alpha value is -4.83. The van der Waals surface area contributed by atoms with Crippen molar-refractivity contribution in [2.24, 2.45) is 0 Å². The molecule has 11 heteroatoms. The number of halogens is 1. The van der Waals surface area contributed by atoms with Crippen LogP contribution in [0.3, 0.4) is 0 Å². The molecule has 5 rings (SSSR count). The minimum absolute atomic E-state index is 0.148. The van der Waals surface area contributed by atoms with Gasteiger partial charge in [0.05, 0.1) is 38.8 Å². The van der Waals surface area contributed by atoms with Gasteiger partial charge in [-0.2, -0.15) is 4.98 Å². The molecule has 41 heavy (non-hydrogen) atoms. The van der Waals surface area contributed by atoms with E-state index in [9.17, 15) is 9.59 Å². The average Bonchev–Trinajstić information content (AvgIpc) is 3.36. The van der Waals surface area contributed by atoms with Crippen molar-refractivity contribution in [1.29, 1.82) is 0 Å². The van der Waals surface area contributed by atoms with E-state index in [0.717, 1.165) is 11.3 Å². The number of nitrogens with one attached hydrogen (secondary N) is 1. The molecule has 0 atom stereocenters. The number of carboxylic acid groups (broad SMARTS) is 1. The third-order valence-electron chi connectivity index (χ3n) is 6.66. The molecule has 0 saturated carbocycles. The summed E-state index contributed by atoms with van der Waals surface area (Å²) in [6.07, 6.45) is 1.20. The number of ketones is 1. The highest BCUT2D eigenvalue weighted by molar-refractivity contribution is 6.31. The van der Waals surface area contributed by atoms with E-state index >= 15 is 0 Å². The minimum atomic E-state index is -1.05. The van der Waals surface area contributed by atoms with Crippen LogP contribution in [-0.2, 0) is 11.3 Å². The van der Waals surface area contributed by atoms with Gasteiger partial charge in [0.15, 0.2) is 17.3 Å². The van der Waals surface area contributed by atoms with E-state index in [-0.39, 0.29) is 18.6 Å². The lowest BCUT2D eigenvalue weighted by Crippen LogP contribution is -2.08. The number of carbonyl (C=O) groups is 2. The standard InChI is InChI=1S/C30H27ClN4O6/c1-39-19-7-4-17(5-8-19)15-32-29-21-13-26(40-2)27(41-3)14-23(21)33-30(34-29)35-16-22(25(36)10-11-28(37)38)20-12-18(31)6-9-24(20)35/h4-9,12-14,16H,10-11,15H2,1-3H3,(H,37,38)(H,32,33,34). The fourth-order valence-electron chi connectivity index (χ4n) is 4.56. The number of carboxylic acids is 1. The Bertz CT molecular complexity index is 1770. The summed E-state index contributed by atoms with van der Waals surface area (Å²) in [6.45, 7) is 0.463. The largest absolute Gasteiger partial charge is 0.497 e. The number of aliphatic carboxylic acids is 1. The van der Waals surface area contributed by atoms with Gasteiger partial charge in [-0.05, 0) is 42.0 Å². The summed E-state index contributed by atoms with van der Waals surface area (Å²) in [5.41, 5.74) is 2.58. The van der Waals surface area contributed by atoms with Gasteiger partial charge in [-0.3, -0.25) is 14.2 Å². The highest BCUT2D eigenvalue weighted by Gasteiger charge is 2.20. The van der Waals surface area contributed by atoms with Crippen molar-refractivity contribution < 1.29 is 28.9 Å². The van der Waals surface area contributed by atoms with Crippen LogP contribution in [-0.4, -0.2) is 52.7 Å². The van der Waals surface area contributed by atoms with Crippen LogP contribution in [0.1, 0.15) is 28.8 Å². The first-order valence-corrected chi connectivity index (χ1v) is 13.1. The summed E-state index contributed by atoms with van der Waals surface area (Å²) in [5.74, 6) is 1.26. The summed E-state index contributed by atoms with van der Waals surface area (Å²) < 4.78 is 18.0. The van der Waals surface area contributed by atoms with E-state index in [4.69, 9.17) is 40.9 Å². The number of methoxy groups -OCH3 is 3. The molecule has 0 fully saturated rings. The lowest BCUT2D eigenvalue weighted by atomic mass is 10.1. The van der Waals surface area contributed by atoms with Gasteiger partial charge in [-0.25, -0.2) is 4.98 Å². The fraction of sp³-hybridized carbons (Fsp3) is 0.200. The first-order chi connectivity index (χ1) is 19.8. The zero-order valence-corrected chi connectivity index (χ0v) is 23.4. The number of Topliss-reactive ketones (excluding diaryl/α,β-unsaturated/α-hetero) is 1. The molecule has 2 aromatic heterocycles. The van der Waals surface area contributed by atoms with Gasteiger partial charge < -0.3 is 24.6 Å². The van der Waals surface area contributed by atoms with E-state index in [2.05, 4.69) is 5.32 Å². The molecule has 0 bridgehead atoms. The number of ether oxygens (including phenoxy) is 3. The van der Waals surface area contributed by atoms with Crippen LogP contribution in [0.2, 0.25) is 5.02 Å². The SMILES string of the molecule is COc1ccc(CNc2nc(-n3cc(C(=O)CCC(=O)O)c4cc(Cl)ccc43)nc3cc(OC)c(OC)cc23)cc1. The van der Waals surface area contributed by atoms with Crippen LogP contribution < -0.4 is 19.5 Å². The highest BCUT2D eigenvalue weighted by atomic mass is 35.5. The van der Waals surface area contributed by atoms with Crippen molar-refractivity contribution in [3.63, 3.8) is 0 Å². The number of fused-ring (bicyclic) bond motifs is 2. The van der Waals surface area contributed by atoms with Crippen molar-refractivity contribution >= 4 is 51.0 Å². The second-order valence-corrected chi connectivity index (χ2v) is 9.63. The zero-order chi connectivity index (χ0) is 29.1. The Kier molecular flexibility index (Phi) is 7.93. The first kappa shape index (κ1) is 27.7. The average molecular weight is 575 g/mol. The molecule has 0 unspecified atom stereocenters. The van der Waals surface area contributed by atoms with Crippen molar-refractivity contribution in [1.82, 2.24) is 14.5 Å². The van der Waals surface area contributed by atoms with E-state index in [1.807, 2.05) is 30.3 Å². The Balaban J connectivity index is 1.65. The summed E-state index contributed by atoms with van der Waals surface area (Å²) in [6, 6.07) is 16.4. The normalized spacial score (nSPS) is 11.0. The number of benzene rings is 3. The van der Waals surface area contributed by atoms with Gasteiger partial charge in [0.1, 0.15) is 11.6 Å². The maximum absolute atomic E-state index is 13.0. The van der Waals surface area contributed by atoms with Crippen molar-refractivity contribution in [2.75, 3.05) is 26.6 Å². The Morgan fingerprint density at radius 2 is 1.63 bits per heavy atom. The number of carbonyl (C=O) groups excluding carboxylic acids is 1. The smallest absolute Gasteiger partial charge is 0.303 e. The predicted molar refractivity (Wildman–Crippen MR) is 156 cm³/mol. The molecule has 0 aliphatic heterocycles. The molecule has 0 amide bonds. The van der Waals surface area contributed by atoms with E-state index < -0.39 is 5.97 Å². The molecule has 0 spiro atoms. The van der Waals surface area contributed by atoms with Crippen molar-refractivity contribution in [2.45, 2.75) is 19.4 Å². The van der Waals surface area contributed by atoms with Crippen LogP contribution in [0.4, 0.5) is 5.82 Å². The Morgan fingerprint density at radius 1 is 0.902 bits per heavy atom. The van der Waals surface area contributed by atoms with Crippen LogP contribution in [0.5, 0.6) is 17.2 Å². The monoisotopic (exact) mass is 574 g/mol. The van der Waals surface area contributed by atoms with Crippen molar-refractivity contribution in [3.8, 4) is 23.2 Å². The third-order valence-corrected chi connectivity index (χ3v) is 6.89. The molecule has 0 saturated heterocycles. The highest BCUT2D eigenvalue weighted by Crippen LogP contribution is 2.36. The van der Waals surface area contributed by atoms with Gasteiger partial charge in [0.25, 0.3) is 0 Å². The fourth-order valence-corrected chi connectivity index (χ4v) is 4.73. The van der Waals surface area contributed by atoms with E-state index in [1.165, 1.54) is 0 Å². The van der Waals surface area contributed by atoms with Crippen molar-refractivity contribution in [3.05, 3.63) is 76.9 Å². The van der Waals surface area contributed by atoms with Crippen LogP contribution in [0.15, 0.2) is 60.8 Å². The number of nitrogens with zero attached hydrogens (tertiary/aromatic N) is 3. The number of hydrogen-bond donors (Lipinski definition) is 2. The lowest BCUT2D eigenvalue weighted by Gasteiger charge is -2.15. The summed E-state index contributed by atoms with van der Waals surface area (Å²) >= 11 is 6.27. The maximum atomic E-state index is 13.0. The Labute approximate surface area is 240 Å². The lowest BCUT2D eigenvalue weighted by molar-refractivity contribution is -0.136. The first-order valence-electron chi connectivity index (χ1n) is 12.7. The summed E-state index contributed by atoms with van der Waals surface area (Å²) in [4.78, 5) is 33.8. The quantitative estimate of drug-likeness (QED) is 0.185. The number of anilines is 1. The number of hydrogen-bond acceptors (Lipinski definition) is 8. The van der Waals surface area contributed by atoms with Crippen LogP contribution in [0.25, 0.3) is 27.8 Å². The molecule has 2 heterocycles. The maximum Gasteiger partial charge on any atom is 0.303 e. The molecule has 2 N–H and O–H groups in total. The predicted octanol–water partition coefficient (Wildman–Crippen LogP) is 5.91. The molecule has 0 aliphatic carbocycles. The summed E-state index contributed by atoms with van der Waals surface area (Å²) in [5, 5.41) is 14.2. The molecular weight excluding hydrogens is 548 g/mol. The van der Waals surface area contributed by atoms with Crippen LogP contribution in [0, 0.1) is 0 Å². The molecule has 0 aliphatic rings. The van der Waals surface area contributed by atoms with Gasteiger partial charge in [-0.1, -0.05) is 23.7 Å². The van der Waals surface area contributed by atoms with Gasteiger partial charge >= 0.3 is 5.97 Å². The van der Waals surface area contributed by atoms with E-state index in [1.54, 1.807) is 56.4 Å². The second kappa shape index (κ2) is 11.7. The number of aromatic nitrogens is 3. The molecular formula is C30H27ClN4O6. The number of rotatable bonds is 11. The van der Waals surface area contributed by atoms with E-state index in [0.29, 0.717) is 62.2 Å². The molecule has 210 valence electrons. The third kappa shape index (κ3) is 5.73. The minimum Gasteiger partial charge on any atom is -0.497 e. The molecule has 5 aromatic rings. The van der Waals surface area contributed by atoms with Gasteiger partial charge in [-0.15, -0.1) is 0 Å². The topological polar surface area (TPSA) is 125 Å². The summed E-state index contributed by atoms with van der Waals surface area (Å²) in [7, 11) is 4.73. The molecule has 3 aromatic carbocycles. The second-order valence-electron chi connectivity index (χ2n) is 9.19. The van der Waals surface area contributed by atoms with Gasteiger partial charge in [0, 0.05) is 46.6 Å². The molecule has 10 nitrogen and oxygen atoms in total. The zero-order valence-electron chi connectivity index (χ0n) is 22.6. The van der Waals surface area contributed by atoms with Gasteiger partial charge in [0.2, 0.25) is 5.95 Å². The Morgan fingerprint density at radius 3 is 2.32 bits per heavy atom.